The van der Waals surface area contributed by atoms with E-state index in [2.05, 4.69) is 25.9 Å². The van der Waals surface area contributed by atoms with Crippen LogP contribution in [0.2, 0.25) is 0 Å². The molecule has 0 aliphatic heterocycles. The molecule has 0 aliphatic rings. The molecule has 3 nitrogen and oxygen atoms in total. The van der Waals surface area contributed by atoms with Crippen LogP contribution in [0.4, 0.5) is 0 Å². The van der Waals surface area contributed by atoms with Crippen molar-refractivity contribution in [2.75, 3.05) is 0 Å². The summed E-state index contributed by atoms with van der Waals surface area (Å²) in [6.45, 7) is 3.42. The standard InChI is InChI=1S/C10H11BrN2OS/c1-10(2,14)9-12-4-7(13-9)8-3-6(11)5-15-8/h3-5,14H,1-2H3,(H,12,13). The number of halogens is 1. The SMILES string of the molecule is CC(C)(O)c1ncc(-c2cc(Br)cs2)[nH]1. The lowest BCUT2D eigenvalue weighted by molar-refractivity contribution is 0.0697. The maximum Gasteiger partial charge on any atom is 0.138 e. The molecular weight excluding hydrogens is 276 g/mol. The quantitative estimate of drug-likeness (QED) is 0.891. The van der Waals surface area contributed by atoms with Gasteiger partial charge in [-0.2, -0.15) is 0 Å². The van der Waals surface area contributed by atoms with Crippen molar-refractivity contribution in [2.24, 2.45) is 0 Å². The van der Waals surface area contributed by atoms with E-state index in [4.69, 9.17) is 0 Å². The third-order valence-electron chi connectivity index (χ3n) is 1.99. The molecule has 0 fully saturated rings. The van der Waals surface area contributed by atoms with Gasteiger partial charge in [0.15, 0.2) is 0 Å². The first-order valence-electron chi connectivity index (χ1n) is 4.49. The third kappa shape index (κ3) is 2.30. The predicted molar refractivity (Wildman–Crippen MR) is 64.8 cm³/mol. The minimum Gasteiger partial charge on any atom is -0.383 e. The van der Waals surface area contributed by atoms with E-state index in [-0.39, 0.29) is 0 Å². The largest absolute Gasteiger partial charge is 0.383 e. The number of imidazole rings is 1. The highest BCUT2D eigenvalue weighted by Crippen LogP contribution is 2.29. The van der Waals surface area contributed by atoms with Crippen LogP contribution < -0.4 is 0 Å². The van der Waals surface area contributed by atoms with E-state index in [0.717, 1.165) is 15.0 Å². The fourth-order valence-electron chi connectivity index (χ4n) is 1.21. The average molecular weight is 287 g/mol. The van der Waals surface area contributed by atoms with Crippen molar-refractivity contribution in [1.29, 1.82) is 0 Å². The monoisotopic (exact) mass is 286 g/mol. The van der Waals surface area contributed by atoms with E-state index >= 15 is 0 Å². The Bertz CT molecular complexity index is 470. The van der Waals surface area contributed by atoms with Crippen molar-refractivity contribution in [3.63, 3.8) is 0 Å². The summed E-state index contributed by atoms with van der Waals surface area (Å²) in [5, 5.41) is 11.8. The number of aliphatic hydroxyl groups is 1. The number of aromatic nitrogens is 2. The molecule has 0 amide bonds. The molecule has 0 atom stereocenters. The van der Waals surface area contributed by atoms with Gasteiger partial charge < -0.3 is 10.1 Å². The second kappa shape index (κ2) is 3.73. The van der Waals surface area contributed by atoms with E-state index < -0.39 is 5.60 Å². The van der Waals surface area contributed by atoms with Gasteiger partial charge in [-0.1, -0.05) is 0 Å². The molecule has 0 spiro atoms. The van der Waals surface area contributed by atoms with Gasteiger partial charge in [-0.3, -0.25) is 0 Å². The van der Waals surface area contributed by atoms with Gasteiger partial charge in [0.25, 0.3) is 0 Å². The molecule has 0 aliphatic carbocycles. The van der Waals surface area contributed by atoms with E-state index in [0.29, 0.717) is 5.82 Å². The van der Waals surface area contributed by atoms with Crippen LogP contribution in [0.15, 0.2) is 22.1 Å². The van der Waals surface area contributed by atoms with E-state index in [9.17, 15) is 5.11 Å². The molecule has 0 saturated carbocycles. The Kier molecular flexibility index (Phi) is 2.70. The summed E-state index contributed by atoms with van der Waals surface area (Å²) in [5.41, 5.74) is 0.00930. The maximum absolute atomic E-state index is 9.75. The van der Waals surface area contributed by atoms with Crippen molar-refractivity contribution in [2.45, 2.75) is 19.4 Å². The molecule has 2 aromatic rings. The van der Waals surface area contributed by atoms with Gasteiger partial charge in [0.1, 0.15) is 11.4 Å². The van der Waals surface area contributed by atoms with Crippen LogP contribution in [-0.2, 0) is 5.60 Å². The lowest BCUT2D eigenvalue weighted by Gasteiger charge is -2.12. The smallest absolute Gasteiger partial charge is 0.138 e. The number of nitrogens with zero attached hydrogens (tertiary/aromatic N) is 1. The molecule has 2 aromatic heterocycles. The summed E-state index contributed by atoms with van der Waals surface area (Å²) < 4.78 is 1.06. The molecule has 0 saturated heterocycles. The fourth-order valence-corrected chi connectivity index (χ4v) is 2.61. The predicted octanol–water partition coefficient (Wildman–Crippen LogP) is 3.13. The summed E-state index contributed by atoms with van der Waals surface area (Å²) in [7, 11) is 0. The number of rotatable bonds is 2. The Morgan fingerprint density at radius 1 is 1.53 bits per heavy atom. The van der Waals surface area contributed by atoms with Crippen molar-refractivity contribution in [3.05, 3.63) is 27.9 Å². The molecule has 15 heavy (non-hydrogen) atoms. The second-order valence-corrected chi connectivity index (χ2v) is 5.66. The highest BCUT2D eigenvalue weighted by molar-refractivity contribution is 9.10. The zero-order valence-corrected chi connectivity index (χ0v) is 10.8. The molecule has 80 valence electrons. The van der Waals surface area contributed by atoms with E-state index in [1.54, 1.807) is 31.4 Å². The number of hydrogen-bond acceptors (Lipinski definition) is 3. The summed E-state index contributed by atoms with van der Waals surface area (Å²) in [5.74, 6) is 0.585. The molecule has 0 unspecified atom stereocenters. The second-order valence-electron chi connectivity index (χ2n) is 3.83. The van der Waals surface area contributed by atoms with Crippen LogP contribution in [0.5, 0.6) is 0 Å². The topological polar surface area (TPSA) is 48.9 Å². The van der Waals surface area contributed by atoms with Gasteiger partial charge in [0, 0.05) is 9.85 Å². The summed E-state index contributed by atoms with van der Waals surface area (Å²) >= 11 is 5.03. The summed E-state index contributed by atoms with van der Waals surface area (Å²) in [6, 6.07) is 2.02. The van der Waals surface area contributed by atoms with Crippen molar-refractivity contribution >= 4 is 27.3 Å². The zero-order chi connectivity index (χ0) is 11.1. The van der Waals surface area contributed by atoms with Gasteiger partial charge in [-0.15, -0.1) is 11.3 Å². The Morgan fingerprint density at radius 3 is 2.73 bits per heavy atom. The molecule has 0 bridgehead atoms. The van der Waals surface area contributed by atoms with Crippen LogP contribution in [0.3, 0.4) is 0 Å². The molecule has 2 N–H and O–H groups in total. The number of nitrogens with one attached hydrogen (secondary N) is 1. The highest BCUT2D eigenvalue weighted by Gasteiger charge is 2.20. The van der Waals surface area contributed by atoms with Gasteiger partial charge in [0.2, 0.25) is 0 Å². The third-order valence-corrected chi connectivity index (χ3v) is 3.71. The lowest BCUT2D eigenvalue weighted by Crippen LogP contribution is -2.17. The fraction of sp³-hybridized carbons (Fsp3) is 0.300. The number of hydrogen-bond donors (Lipinski definition) is 2. The molecule has 0 radical (unpaired) electrons. The molecular formula is C10H11BrN2OS. The minimum absolute atomic E-state index is 0.585. The first-order chi connectivity index (χ1) is 6.97. The number of thiophene rings is 1. The highest BCUT2D eigenvalue weighted by atomic mass is 79.9. The lowest BCUT2D eigenvalue weighted by atomic mass is 10.1. The van der Waals surface area contributed by atoms with Crippen LogP contribution in [0.1, 0.15) is 19.7 Å². The van der Waals surface area contributed by atoms with Crippen molar-refractivity contribution in [3.8, 4) is 10.6 Å². The van der Waals surface area contributed by atoms with E-state index in [1.165, 1.54) is 0 Å². The molecule has 2 rings (SSSR count). The molecule has 2 heterocycles. The van der Waals surface area contributed by atoms with Gasteiger partial charge >= 0.3 is 0 Å². The first-order valence-corrected chi connectivity index (χ1v) is 6.16. The maximum atomic E-state index is 9.75. The van der Waals surface area contributed by atoms with Crippen molar-refractivity contribution < 1.29 is 5.11 Å². The average Bonchev–Trinajstić information content (AvgIpc) is 2.69. The number of H-pyrrole nitrogens is 1. The molecule has 0 aromatic carbocycles. The Hall–Kier alpha value is -0.650. The first kappa shape index (κ1) is 10.9. The normalized spacial score (nSPS) is 12.0. The minimum atomic E-state index is -0.924. The van der Waals surface area contributed by atoms with E-state index in [1.807, 2.05) is 11.4 Å². The summed E-state index contributed by atoms with van der Waals surface area (Å²) in [4.78, 5) is 8.37. The Balaban J connectivity index is 2.36. The Labute approximate surface area is 100 Å². The van der Waals surface area contributed by atoms with Gasteiger partial charge in [-0.05, 0) is 35.8 Å². The van der Waals surface area contributed by atoms with Gasteiger partial charge in [-0.25, -0.2) is 4.98 Å². The van der Waals surface area contributed by atoms with Gasteiger partial charge in [0.05, 0.1) is 16.8 Å². The van der Waals surface area contributed by atoms with Crippen LogP contribution in [0.25, 0.3) is 10.6 Å². The van der Waals surface area contributed by atoms with Crippen LogP contribution in [-0.4, -0.2) is 15.1 Å². The Morgan fingerprint density at radius 2 is 2.27 bits per heavy atom. The summed E-state index contributed by atoms with van der Waals surface area (Å²) in [6.07, 6.45) is 1.74. The molecule has 5 heteroatoms. The van der Waals surface area contributed by atoms with Crippen molar-refractivity contribution in [1.82, 2.24) is 9.97 Å². The number of aromatic amines is 1. The zero-order valence-electron chi connectivity index (χ0n) is 8.41. The van der Waals surface area contributed by atoms with Crippen LogP contribution >= 0.6 is 27.3 Å². The van der Waals surface area contributed by atoms with Crippen LogP contribution in [0, 0.1) is 0 Å².